The highest BCUT2D eigenvalue weighted by Crippen LogP contribution is 2.33. The van der Waals surface area contributed by atoms with Gasteiger partial charge in [0.05, 0.1) is 17.4 Å². The number of carbonyl (C=O) groups is 2. The van der Waals surface area contributed by atoms with Crippen LogP contribution in [0.5, 0.6) is 5.75 Å². The van der Waals surface area contributed by atoms with Crippen molar-refractivity contribution in [3.63, 3.8) is 0 Å². The average molecular weight is 294 g/mol. The van der Waals surface area contributed by atoms with E-state index in [1.807, 2.05) is 0 Å². The first-order valence-corrected chi connectivity index (χ1v) is 6.44. The summed E-state index contributed by atoms with van der Waals surface area (Å²) in [6.07, 6.45) is 1.48. The number of carboxylic acid groups (broad SMARTS) is 1. The lowest BCUT2D eigenvalue weighted by molar-refractivity contribution is -0.305. The van der Waals surface area contributed by atoms with Crippen molar-refractivity contribution >= 4 is 46.3 Å². The topological polar surface area (TPSA) is 80.7 Å². The summed E-state index contributed by atoms with van der Waals surface area (Å²) in [5.74, 6) is -1.84. The van der Waals surface area contributed by atoms with Crippen molar-refractivity contribution in [3.8, 4) is 5.75 Å². The van der Waals surface area contributed by atoms with Crippen molar-refractivity contribution in [2.45, 2.75) is 0 Å². The minimum Gasteiger partial charge on any atom is -0.548 e. The van der Waals surface area contributed by atoms with Gasteiger partial charge in [-0.3, -0.25) is 9.69 Å². The predicted octanol–water partition coefficient (Wildman–Crippen LogP) is 0.343. The summed E-state index contributed by atoms with van der Waals surface area (Å²) in [5, 5.41) is 20.2. The SMILES string of the molecule is O=C([O-])CN1C(=O)/C(=C/c2ccccc2O)SC1=S. The molecule has 0 aliphatic carbocycles. The van der Waals surface area contributed by atoms with Gasteiger partial charge in [0, 0.05) is 5.56 Å². The smallest absolute Gasteiger partial charge is 0.266 e. The molecule has 1 aliphatic rings. The van der Waals surface area contributed by atoms with E-state index in [0.29, 0.717) is 5.56 Å². The number of aromatic hydroxyl groups is 1. The molecule has 1 saturated heterocycles. The fourth-order valence-electron chi connectivity index (χ4n) is 1.52. The van der Waals surface area contributed by atoms with Crippen LogP contribution in [0.1, 0.15) is 5.56 Å². The van der Waals surface area contributed by atoms with E-state index in [1.54, 1.807) is 18.2 Å². The number of amides is 1. The third-order valence-electron chi connectivity index (χ3n) is 2.38. The van der Waals surface area contributed by atoms with Crippen LogP contribution < -0.4 is 5.11 Å². The summed E-state index contributed by atoms with van der Waals surface area (Å²) in [5.41, 5.74) is 0.469. The molecule has 19 heavy (non-hydrogen) atoms. The Balaban J connectivity index is 2.28. The third kappa shape index (κ3) is 2.94. The number of hydrogen-bond acceptors (Lipinski definition) is 6. The number of thioether (sulfide) groups is 1. The molecule has 1 aliphatic heterocycles. The first-order chi connectivity index (χ1) is 8.99. The van der Waals surface area contributed by atoms with Gasteiger partial charge in [0.1, 0.15) is 10.1 Å². The van der Waals surface area contributed by atoms with Gasteiger partial charge in [0.25, 0.3) is 5.91 Å². The minimum atomic E-state index is -1.37. The fraction of sp³-hybridized carbons (Fsp3) is 0.0833. The standard InChI is InChI=1S/C12H9NO4S2/c14-8-4-2-1-3-7(8)5-9-11(17)13(6-10(15)16)12(18)19-9/h1-5,14H,6H2,(H,15,16)/p-1/b9-5-. The first-order valence-electron chi connectivity index (χ1n) is 5.22. The van der Waals surface area contributed by atoms with E-state index < -0.39 is 18.4 Å². The van der Waals surface area contributed by atoms with E-state index in [0.717, 1.165) is 16.7 Å². The Kier molecular flexibility index (Phi) is 3.87. The van der Waals surface area contributed by atoms with Gasteiger partial charge >= 0.3 is 0 Å². The van der Waals surface area contributed by atoms with Crippen LogP contribution >= 0.6 is 24.0 Å². The number of thiocarbonyl (C=S) groups is 1. The van der Waals surface area contributed by atoms with Crippen molar-refractivity contribution in [2.24, 2.45) is 0 Å². The Morgan fingerprint density at radius 1 is 1.47 bits per heavy atom. The van der Waals surface area contributed by atoms with Crippen LogP contribution in [-0.2, 0) is 9.59 Å². The molecule has 1 N–H and O–H groups in total. The lowest BCUT2D eigenvalue weighted by atomic mass is 10.2. The summed E-state index contributed by atoms with van der Waals surface area (Å²) >= 11 is 5.93. The molecular weight excluding hydrogens is 286 g/mol. The molecule has 0 aromatic heterocycles. The van der Waals surface area contributed by atoms with Gasteiger partial charge in [-0.25, -0.2) is 0 Å². The maximum atomic E-state index is 11.9. The number of benzene rings is 1. The highest BCUT2D eigenvalue weighted by Gasteiger charge is 2.31. The maximum Gasteiger partial charge on any atom is 0.266 e. The van der Waals surface area contributed by atoms with Crippen molar-refractivity contribution in [2.75, 3.05) is 6.54 Å². The lowest BCUT2D eigenvalue weighted by Gasteiger charge is -2.14. The molecule has 2 rings (SSSR count). The van der Waals surface area contributed by atoms with Crippen LogP contribution in [0.25, 0.3) is 6.08 Å². The Bertz CT molecular complexity index is 597. The number of phenolic OH excluding ortho intramolecular Hbond substituents is 1. The number of para-hydroxylation sites is 1. The van der Waals surface area contributed by atoms with Crippen LogP contribution in [0.3, 0.4) is 0 Å². The average Bonchev–Trinajstić information content (AvgIpc) is 2.60. The van der Waals surface area contributed by atoms with E-state index >= 15 is 0 Å². The number of rotatable bonds is 3. The Morgan fingerprint density at radius 3 is 2.79 bits per heavy atom. The minimum absolute atomic E-state index is 0.0349. The van der Waals surface area contributed by atoms with Gasteiger partial charge in [-0.05, 0) is 12.1 Å². The highest BCUT2D eigenvalue weighted by atomic mass is 32.2. The zero-order valence-electron chi connectivity index (χ0n) is 9.53. The summed E-state index contributed by atoms with van der Waals surface area (Å²) in [7, 11) is 0. The van der Waals surface area contributed by atoms with Crippen LogP contribution in [0.4, 0.5) is 0 Å². The van der Waals surface area contributed by atoms with Crippen LogP contribution in [0.15, 0.2) is 29.2 Å². The predicted molar refractivity (Wildman–Crippen MR) is 73.0 cm³/mol. The largest absolute Gasteiger partial charge is 0.548 e. The maximum absolute atomic E-state index is 11.9. The number of aliphatic carboxylic acids is 1. The molecule has 1 amide bonds. The van der Waals surface area contributed by atoms with Crippen molar-refractivity contribution in [1.82, 2.24) is 4.90 Å². The van der Waals surface area contributed by atoms with E-state index in [1.165, 1.54) is 12.1 Å². The molecule has 7 heteroatoms. The fourth-order valence-corrected chi connectivity index (χ4v) is 2.76. The Labute approximate surface area is 118 Å². The normalized spacial score (nSPS) is 17.3. The second-order valence-corrected chi connectivity index (χ2v) is 5.37. The van der Waals surface area contributed by atoms with Crippen LogP contribution in [0, 0.1) is 0 Å². The molecule has 0 bridgehead atoms. The molecule has 1 aromatic carbocycles. The molecule has 0 spiro atoms. The molecular formula is C12H8NO4S2-. The van der Waals surface area contributed by atoms with E-state index in [9.17, 15) is 19.8 Å². The van der Waals surface area contributed by atoms with Crippen LogP contribution in [-0.4, -0.2) is 32.7 Å². The Morgan fingerprint density at radius 2 is 2.16 bits per heavy atom. The molecule has 0 atom stereocenters. The monoisotopic (exact) mass is 294 g/mol. The second kappa shape index (κ2) is 5.41. The van der Waals surface area contributed by atoms with E-state index in [-0.39, 0.29) is 15.0 Å². The molecule has 98 valence electrons. The Hall–Kier alpha value is -1.86. The number of phenols is 1. The van der Waals surface area contributed by atoms with Gasteiger partial charge in [0.2, 0.25) is 0 Å². The first kappa shape index (κ1) is 13.6. The van der Waals surface area contributed by atoms with Crippen LogP contribution in [0.2, 0.25) is 0 Å². The molecule has 5 nitrogen and oxygen atoms in total. The third-order valence-corrected chi connectivity index (χ3v) is 3.76. The lowest BCUT2D eigenvalue weighted by Crippen LogP contribution is -2.40. The molecule has 0 saturated carbocycles. The zero-order valence-corrected chi connectivity index (χ0v) is 11.2. The van der Waals surface area contributed by atoms with Crippen molar-refractivity contribution in [3.05, 3.63) is 34.7 Å². The summed E-state index contributed by atoms with van der Waals surface area (Å²) in [4.78, 5) is 23.7. The van der Waals surface area contributed by atoms with Crippen molar-refractivity contribution in [1.29, 1.82) is 0 Å². The molecule has 1 fully saturated rings. The van der Waals surface area contributed by atoms with Crippen molar-refractivity contribution < 1.29 is 19.8 Å². The van der Waals surface area contributed by atoms with Gasteiger partial charge in [-0.1, -0.05) is 42.2 Å². The second-order valence-electron chi connectivity index (χ2n) is 3.70. The van der Waals surface area contributed by atoms with Gasteiger partial charge < -0.3 is 15.0 Å². The highest BCUT2D eigenvalue weighted by molar-refractivity contribution is 8.26. The summed E-state index contributed by atoms with van der Waals surface area (Å²) < 4.78 is 0.163. The molecule has 0 radical (unpaired) electrons. The van der Waals surface area contributed by atoms with Gasteiger partial charge in [0.15, 0.2) is 0 Å². The summed E-state index contributed by atoms with van der Waals surface area (Å²) in [6, 6.07) is 6.51. The van der Waals surface area contributed by atoms with Gasteiger partial charge in [-0.15, -0.1) is 0 Å². The molecule has 0 unspecified atom stereocenters. The van der Waals surface area contributed by atoms with E-state index in [4.69, 9.17) is 12.2 Å². The quantitative estimate of drug-likeness (QED) is 0.640. The van der Waals surface area contributed by atoms with Gasteiger partial charge in [-0.2, -0.15) is 0 Å². The number of carboxylic acids is 1. The summed E-state index contributed by atoms with van der Waals surface area (Å²) in [6.45, 7) is -0.567. The number of hydrogen-bond donors (Lipinski definition) is 1. The van der Waals surface area contributed by atoms with E-state index in [2.05, 4.69) is 0 Å². The number of nitrogens with zero attached hydrogens (tertiary/aromatic N) is 1. The molecule has 1 aromatic rings. The zero-order chi connectivity index (χ0) is 14.0. The number of carbonyl (C=O) groups excluding carboxylic acids is 2. The molecule has 1 heterocycles.